The van der Waals surface area contributed by atoms with Crippen LogP contribution < -0.4 is 5.32 Å². The highest BCUT2D eigenvalue weighted by atomic mass is 19.1. The van der Waals surface area contributed by atoms with Crippen LogP contribution in [0.25, 0.3) is 10.9 Å². The van der Waals surface area contributed by atoms with Crippen LogP contribution in [0.2, 0.25) is 0 Å². The van der Waals surface area contributed by atoms with Gasteiger partial charge in [-0.15, -0.1) is 0 Å². The van der Waals surface area contributed by atoms with Crippen molar-refractivity contribution in [1.82, 2.24) is 19.8 Å². The van der Waals surface area contributed by atoms with Crippen LogP contribution in [0.3, 0.4) is 0 Å². The Bertz CT molecular complexity index is 1140. The number of rotatable bonds is 8. The van der Waals surface area contributed by atoms with Gasteiger partial charge in [0.1, 0.15) is 5.82 Å². The lowest BCUT2D eigenvalue weighted by molar-refractivity contribution is 0.196. The van der Waals surface area contributed by atoms with E-state index < -0.39 is 0 Å². The summed E-state index contributed by atoms with van der Waals surface area (Å²) >= 11 is 0. The predicted molar refractivity (Wildman–Crippen MR) is 138 cm³/mol. The number of aromatic nitrogens is 2. The number of benzene rings is 1. The number of pyridine rings is 1. The molecule has 1 fully saturated rings. The first-order valence-electron chi connectivity index (χ1n) is 12.6. The molecule has 0 radical (unpaired) electrons. The van der Waals surface area contributed by atoms with Crippen molar-refractivity contribution in [1.29, 1.82) is 0 Å². The SMILES string of the molecule is C=C(CC)N1[C@H](c2ccc(NCCN3CCC(CF)C3)nc2)c2[nH]c3ccccc3c2C[C@H]1C. The molecule has 34 heavy (non-hydrogen) atoms. The van der Waals surface area contributed by atoms with Crippen LogP contribution in [-0.2, 0) is 6.42 Å². The maximum absolute atomic E-state index is 12.9. The summed E-state index contributed by atoms with van der Waals surface area (Å²) in [5.41, 5.74) is 6.18. The average molecular weight is 462 g/mol. The fourth-order valence-corrected chi connectivity index (χ4v) is 5.72. The number of H-pyrrole nitrogens is 1. The summed E-state index contributed by atoms with van der Waals surface area (Å²) in [4.78, 5) is 13.3. The lowest BCUT2D eigenvalue weighted by atomic mass is 9.88. The Morgan fingerprint density at radius 2 is 2.12 bits per heavy atom. The quantitative estimate of drug-likeness (QED) is 0.463. The van der Waals surface area contributed by atoms with E-state index in [0.29, 0.717) is 6.04 Å². The Hall–Kier alpha value is -2.86. The van der Waals surface area contributed by atoms with E-state index in [1.165, 1.54) is 27.7 Å². The second-order valence-electron chi connectivity index (χ2n) is 9.86. The Morgan fingerprint density at radius 1 is 1.26 bits per heavy atom. The molecule has 5 nitrogen and oxygen atoms in total. The third-order valence-electron chi connectivity index (χ3n) is 7.57. The molecule has 0 aliphatic carbocycles. The molecule has 2 N–H and O–H groups in total. The Morgan fingerprint density at radius 3 is 2.85 bits per heavy atom. The summed E-state index contributed by atoms with van der Waals surface area (Å²) in [6.45, 7) is 12.3. The van der Waals surface area contributed by atoms with Gasteiger partial charge in [-0.2, -0.15) is 0 Å². The molecular weight excluding hydrogens is 425 g/mol. The molecule has 2 aromatic heterocycles. The van der Waals surface area contributed by atoms with Gasteiger partial charge in [0, 0.05) is 60.1 Å². The lowest BCUT2D eigenvalue weighted by Crippen LogP contribution is -2.41. The molecule has 180 valence electrons. The molecule has 0 bridgehead atoms. The van der Waals surface area contributed by atoms with Gasteiger partial charge in [-0.1, -0.05) is 37.8 Å². The summed E-state index contributed by atoms with van der Waals surface area (Å²) in [6.07, 6.45) is 4.90. The number of hydrogen-bond donors (Lipinski definition) is 2. The Labute approximate surface area is 202 Å². The summed E-state index contributed by atoms with van der Waals surface area (Å²) < 4.78 is 12.9. The van der Waals surface area contributed by atoms with Gasteiger partial charge in [0.05, 0.1) is 12.7 Å². The smallest absolute Gasteiger partial charge is 0.125 e. The number of fused-ring (bicyclic) bond motifs is 3. The molecule has 2 aliphatic heterocycles. The number of nitrogens with one attached hydrogen (secondary N) is 2. The van der Waals surface area contributed by atoms with Gasteiger partial charge >= 0.3 is 0 Å². The van der Waals surface area contributed by atoms with E-state index in [1.807, 2.05) is 6.20 Å². The molecule has 3 aromatic rings. The standard InChI is InChI=1S/C28H36FN5/c1-4-19(2)34-20(3)15-24-23-7-5-6-8-25(23)32-27(24)28(34)22-9-10-26(31-17-22)30-12-14-33-13-11-21(16-29)18-33/h5-10,17,20-21,28,32H,2,4,11-16,18H2,1,3H3,(H,30,31)/t20-,21?,28-/m1/s1. The number of likely N-dealkylation sites (tertiary alicyclic amines) is 1. The van der Waals surface area contributed by atoms with Crippen LogP contribution in [0.15, 0.2) is 54.9 Å². The predicted octanol–water partition coefficient (Wildman–Crippen LogP) is 5.53. The molecule has 4 heterocycles. The number of halogens is 1. The highest BCUT2D eigenvalue weighted by Gasteiger charge is 2.36. The van der Waals surface area contributed by atoms with Crippen molar-refractivity contribution in [2.24, 2.45) is 5.92 Å². The van der Waals surface area contributed by atoms with Crippen LogP contribution in [0.5, 0.6) is 0 Å². The monoisotopic (exact) mass is 461 g/mol. The molecule has 5 rings (SSSR count). The van der Waals surface area contributed by atoms with Crippen LogP contribution in [0.1, 0.15) is 49.6 Å². The number of nitrogens with zero attached hydrogens (tertiary/aromatic N) is 3. The van der Waals surface area contributed by atoms with E-state index in [1.54, 1.807) is 0 Å². The van der Waals surface area contributed by atoms with E-state index in [9.17, 15) is 4.39 Å². The van der Waals surface area contributed by atoms with E-state index in [-0.39, 0.29) is 18.6 Å². The van der Waals surface area contributed by atoms with Crippen molar-refractivity contribution < 1.29 is 4.39 Å². The zero-order chi connectivity index (χ0) is 23.7. The average Bonchev–Trinajstić information content (AvgIpc) is 3.47. The summed E-state index contributed by atoms with van der Waals surface area (Å²) in [5, 5.41) is 4.76. The first-order chi connectivity index (χ1) is 16.6. The number of hydrogen-bond acceptors (Lipinski definition) is 4. The summed E-state index contributed by atoms with van der Waals surface area (Å²) in [6, 6.07) is 13.3. The van der Waals surface area contributed by atoms with Crippen molar-refractivity contribution in [3.63, 3.8) is 0 Å². The number of para-hydroxylation sites is 1. The number of anilines is 1. The van der Waals surface area contributed by atoms with Crippen molar-refractivity contribution in [2.45, 2.75) is 45.2 Å². The minimum atomic E-state index is -0.202. The molecule has 1 unspecified atom stereocenters. The van der Waals surface area contributed by atoms with Gasteiger partial charge in [0.15, 0.2) is 0 Å². The molecule has 0 amide bonds. The minimum Gasteiger partial charge on any atom is -0.369 e. The largest absolute Gasteiger partial charge is 0.369 e. The zero-order valence-electron chi connectivity index (χ0n) is 20.4. The molecule has 0 spiro atoms. The lowest BCUT2D eigenvalue weighted by Gasteiger charge is -2.43. The molecule has 2 aliphatic rings. The third-order valence-corrected chi connectivity index (χ3v) is 7.57. The Kier molecular flexibility index (Phi) is 6.59. The summed E-state index contributed by atoms with van der Waals surface area (Å²) in [5.74, 6) is 1.09. The maximum Gasteiger partial charge on any atom is 0.125 e. The zero-order valence-corrected chi connectivity index (χ0v) is 20.4. The molecule has 1 aromatic carbocycles. The van der Waals surface area contributed by atoms with E-state index in [2.05, 4.69) is 76.9 Å². The van der Waals surface area contributed by atoms with Gasteiger partial charge in [0.2, 0.25) is 0 Å². The van der Waals surface area contributed by atoms with E-state index in [0.717, 1.165) is 57.0 Å². The number of allylic oxidation sites excluding steroid dienone is 1. The van der Waals surface area contributed by atoms with Gasteiger partial charge in [-0.25, -0.2) is 4.98 Å². The van der Waals surface area contributed by atoms with Crippen LogP contribution >= 0.6 is 0 Å². The molecular formula is C28H36FN5. The van der Waals surface area contributed by atoms with Gasteiger partial charge in [0.25, 0.3) is 0 Å². The van der Waals surface area contributed by atoms with Crippen molar-refractivity contribution >= 4 is 16.7 Å². The van der Waals surface area contributed by atoms with Crippen LogP contribution in [-0.4, -0.2) is 58.7 Å². The van der Waals surface area contributed by atoms with Crippen LogP contribution in [0, 0.1) is 5.92 Å². The van der Waals surface area contributed by atoms with Gasteiger partial charge in [-0.3, -0.25) is 4.39 Å². The Balaban J connectivity index is 1.37. The van der Waals surface area contributed by atoms with Crippen molar-refractivity contribution in [3.05, 3.63) is 71.7 Å². The van der Waals surface area contributed by atoms with E-state index in [4.69, 9.17) is 4.98 Å². The first-order valence-corrected chi connectivity index (χ1v) is 12.6. The highest BCUT2D eigenvalue weighted by molar-refractivity contribution is 5.85. The third kappa shape index (κ3) is 4.31. The second kappa shape index (κ2) is 9.79. The normalized spacial score (nSPS) is 22.8. The molecule has 0 saturated carbocycles. The fraction of sp³-hybridized carbons (Fsp3) is 0.464. The second-order valence-corrected chi connectivity index (χ2v) is 9.86. The minimum absolute atomic E-state index is 0.0717. The fourth-order valence-electron chi connectivity index (χ4n) is 5.72. The van der Waals surface area contributed by atoms with Crippen LogP contribution in [0.4, 0.5) is 10.2 Å². The first kappa shape index (κ1) is 22.9. The van der Waals surface area contributed by atoms with E-state index >= 15 is 0 Å². The number of alkyl halides is 1. The highest BCUT2D eigenvalue weighted by Crippen LogP contribution is 2.42. The topological polar surface area (TPSA) is 47.2 Å². The van der Waals surface area contributed by atoms with Crippen molar-refractivity contribution in [3.8, 4) is 0 Å². The molecule has 1 saturated heterocycles. The van der Waals surface area contributed by atoms with Crippen molar-refractivity contribution in [2.75, 3.05) is 38.2 Å². The van der Waals surface area contributed by atoms with Gasteiger partial charge < -0.3 is 20.1 Å². The summed E-state index contributed by atoms with van der Waals surface area (Å²) in [7, 11) is 0. The number of aromatic amines is 1. The maximum atomic E-state index is 12.9. The molecule has 3 atom stereocenters. The van der Waals surface area contributed by atoms with Gasteiger partial charge in [-0.05, 0) is 56.0 Å². The molecule has 6 heteroatoms.